The van der Waals surface area contributed by atoms with Crippen molar-refractivity contribution in [1.82, 2.24) is 9.71 Å². The van der Waals surface area contributed by atoms with Crippen LogP contribution < -0.4 is 4.72 Å². The van der Waals surface area contributed by atoms with E-state index in [9.17, 15) is 22.4 Å². The number of rotatable bonds is 5. The smallest absolute Gasteiger partial charge is 0.294 e. The van der Waals surface area contributed by atoms with Crippen LogP contribution in [-0.4, -0.2) is 16.9 Å². The Morgan fingerprint density at radius 1 is 1.16 bits per heavy atom. The number of alkyl halides is 3. The molecule has 0 aliphatic carbocycles. The van der Waals surface area contributed by atoms with Crippen molar-refractivity contribution in [3.05, 3.63) is 59.7 Å². The molecule has 1 atom stereocenters. The predicted octanol–water partition coefficient (Wildman–Crippen LogP) is 5.35. The van der Waals surface area contributed by atoms with E-state index >= 15 is 0 Å². The maximum Gasteiger partial charge on any atom is 0.408 e. The van der Waals surface area contributed by atoms with Crippen LogP contribution in [0, 0.1) is 5.82 Å². The quantitative estimate of drug-likeness (QED) is 0.435. The lowest BCUT2D eigenvalue weighted by molar-refractivity contribution is -0.152. The molecule has 3 nitrogen and oxygen atoms in total. The Kier molecular flexibility index (Phi) is 8.05. The zero-order valence-electron chi connectivity index (χ0n) is 13.9. The van der Waals surface area contributed by atoms with Gasteiger partial charge in [0.1, 0.15) is 11.9 Å². The highest BCUT2D eigenvalue weighted by Crippen LogP contribution is 2.35. The van der Waals surface area contributed by atoms with E-state index in [1.54, 1.807) is 0 Å². The summed E-state index contributed by atoms with van der Waals surface area (Å²) in [6.45, 7) is 5.34. The highest BCUT2D eigenvalue weighted by Gasteiger charge is 2.40. The number of carbonyl (C=O) groups is 1. The fraction of sp³-hybridized carbons (Fsp3) is 0.294. The third kappa shape index (κ3) is 6.47. The number of ketones is 1. The first-order valence-corrected chi connectivity index (χ1v) is 8.29. The monoisotopic (exact) mass is 374 g/mol. The summed E-state index contributed by atoms with van der Waals surface area (Å²) in [5, 5.41) is 0. The van der Waals surface area contributed by atoms with Crippen LogP contribution in [0.2, 0.25) is 0 Å². The van der Waals surface area contributed by atoms with E-state index in [0.717, 1.165) is 24.3 Å². The van der Waals surface area contributed by atoms with E-state index in [1.165, 1.54) is 25.4 Å². The predicted molar refractivity (Wildman–Crippen MR) is 89.8 cm³/mol. The van der Waals surface area contributed by atoms with Gasteiger partial charge >= 0.3 is 6.18 Å². The van der Waals surface area contributed by atoms with Crippen molar-refractivity contribution in [2.75, 3.05) is 0 Å². The van der Waals surface area contributed by atoms with Crippen LogP contribution in [-0.2, 0) is 0 Å². The Balaban J connectivity index is 0.00000151. The molecule has 0 spiro atoms. The second-order valence-electron chi connectivity index (χ2n) is 4.71. The fourth-order valence-electron chi connectivity index (χ4n) is 1.77. The third-order valence-electron chi connectivity index (χ3n) is 2.94. The first-order valence-electron chi connectivity index (χ1n) is 7.48. The molecular weight excluding hydrogens is 356 g/mol. The molecule has 0 saturated heterocycles. The zero-order valence-corrected chi connectivity index (χ0v) is 14.7. The first-order chi connectivity index (χ1) is 11.8. The van der Waals surface area contributed by atoms with Gasteiger partial charge < -0.3 is 0 Å². The summed E-state index contributed by atoms with van der Waals surface area (Å²) in [6, 6.07) is 3.56. The lowest BCUT2D eigenvalue weighted by atomic mass is 10.1. The van der Waals surface area contributed by atoms with Gasteiger partial charge in [0.15, 0.2) is 5.78 Å². The number of Topliss-reactive ketones (excluding diaryl/α,β-unsaturated/α-hetero) is 1. The lowest BCUT2D eigenvalue weighted by Gasteiger charge is -2.21. The van der Waals surface area contributed by atoms with Crippen LogP contribution in [0.3, 0.4) is 0 Å². The lowest BCUT2D eigenvalue weighted by Crippen LogP contribution is -2.30. The molecule has 0 bridgehead atoms. The molecule has 1 aromatic carbocycles. The second kappa shape index (κ2) is 9.53. The van der Waals surface area contributed by atoms with Crippen LogP contribution in [0.1, 0.15) is 42.7 Å². The number of hydrogen-bond acceptors (Lipinski definition) is 4. The molecule has 0 aliphatic heterocycles. The van der Waals surface area contributed by atoms with Crippen molar-refractivity contribution < 1.29 is 22.4 Å². The van der Waals surface area contributed by atoms with Crippen molar-refractivity contribution in [1.29, 1.82) is 0 Å². The number of nitrogens with one attached hydrogen (secondary N) is 1. The third-order valence-corrected chi connectivity index (χ3v) is 3.76. The molecule has 1 unspecified atom stereocenters. The molecule has 0 fully saturated rings. The summed E-state index contributed by atoms with van der Waals surface area (Å²) in [6.07, 6.45) is -1.87. The van der Waals surface area contributed by atoms with E-state index in [0.29, 0.717) is 22.4 Å². The molecule has 2 aromatic rings. The minimum absolute atomic E-state index is 0.109. The Morgan fingerprint density at radius 3 is 2.28 bits per heavy atom. The van der Waals surface area contributed by atoms with Crippen LogP contribution in [0.4, 0.5) is 17.6 Å². The van der Waals surface area contributed by atoms with Gasteiger partial charge in [-0.25, -0.2) is 9.11 Å². The Bertz CT molecular complexity index is 690. The number of carbonyl (C=O) groups excluding carboxylic acids is 1. The molecule has 136 valence electrons. The van der Waals surface area contributed by atoms with E-state index in [2.05, 4.69) is 9.71 Å². The Labute approximate surface area is 148 Å². The first kappa shape index (κ1) is 21.1. The van der Waals surface area contributed by atoms with Gasteiger partial charge in [-0.2, -0.15) is 13.2 Å². The minimum Gasteiger partial charge on any atom is -0.294 e. The summed E-state index contributed by atoms with van der Waals surface area (Å²) in [5.41, 5.74) is 0.198. The highest BCUT2D eigenvalue weighted by atomic mass is 32.2. The van der Waals surface area contributed by atoms with Crippen molar-refractivity contribution in [3.63, 3.8) is 0 Å². The summed E-state index contributed by atoms with van der Waals surface area (Å²) >= 11 is 0.708. The average Bonchev–Trinajstić information content (AvgIpc) is 2.57. The standard InChI is InChI=1S/C15H12F4N2OS.C2H6/c1-9(22)11-6-13(8-20-7-11)23-21-14(15(17,18)19)10-2-4-12(16)5-3-10;1-2/h2-8,14,21H,1H3;1-2H3. The fourth-order valence-corrected chi connectivity index (χ4v) is 2.60. The normalized spacial score (nSPS) is 12.1. The maximum absolute atomic E-state index is 13.2. The Morgan fingerprint density at radius 2 is 1.76 bits per heavy atom. The molecule has 0 amide bonds. The Hall–Kier alpha value is -1.93. The van der Waals surface area contributed by atoms with Gasteiger partial charge in [0.2, 0.25) is 0 Å². The molecule has 1 aromatic heterocycles. The molecule has 8 heteroatoms. The van der Waals surface area contributed by atoms with E-state index in [-0.39, 0.29) is 11.3 Å². The molecule has 25 heavy (non-hydrogen) atoms. The van der Waals surface area contributed by atoms with Crippen LogP contribution in [0.5, 0.6) is 0 Å². The number of benzene rings is 1. The van der Waals surface area contributed by atoms with E-state index in [1.807, 2.05) is 13.8 Å². The molecule has 2 rings (SSSR count). The molecule has 0 saturated carbocycles. The van der Waals surface area contributed by atoms with Crippen LogP contribution >= 0.6 is 11.9 Å². The van der Waals surface area contributed by atoms with Gasteiger partial charge in [0.05, 0.1) is 0 Å². The van der Waals surface area contributed by atoms with Gasteiger partial charge in [-0.1, -0.05) is 26.0 Å². The van der Waals surface area contributed by atoms with Gasteiger partial charge in [0.25, 0.3) is 0 Å². The summed E-state index contributed by atoms with van der Waals surface area (Å²) < 4.78 is 54.7. The van der Waals surface area contributed by atoms with E-state index < -0.39 is 18.0 Å². The van der Waals surface area contributed by atoms with Crippen molar-refractivity contribution in [2.45, 2.75) is 37.9 Å². The maximum atomic E-state index is 13.2. The number of aromatic nitrogens is 1. The largest absolute Gasteiger partial charge is 0.408 e. The zero-order chi connectivity index (χ0) is 19.0. The number of hydrogen-bond donors (Lipinski definition) is 1. The SMILES string of the molecule is CC.CC(=O)c1cncc(SNC(c2ccc(F)cc2)C(F)(F)F)c1. The average molecular weight is 374 g/mol. The second-order valence-corrected chi connectivity index (χ2v) is 5.62. The molecule has 1 N–H and O–H groups in total. The topological polar surface area (TPSA) is 42.0 Å². The number of nitrogens with zero attached hydrogens (tertiary/aromatic N) is 1. The highest BCUT2D eigenvalue weighted by molar-refractivity contribution is 7.97. The van der Waals surface area contributed by atoms with Crippen molar-refractivity contribution in [2.24, 2.45) is 0 Å². The molecule has 0 aliphatic rings. The number of pyridine rings is 1. The van der Waals surface area contributed by atoms with Crippen molar-refractivity contribution in [3.8, 4) is 0 Å². The van der Waals surface area contributed by atoms with Gasteiger partial charge in [-0.3, -0.25) is 9.78 Å². The molecular formula is C17H18F4N2OS. The summed E-state index contributed by atoms with van der Waals surface area (Å²) in [7, 11) is 0. The summed E-state index contributed by atoms with van der Waals surface area (Å²) in [4.78, 5) is 15.5. The molecule has 0 radical (unpaired) electrons. The van der Waals surface area contributed by atoms with Gasteiger partial charge in [-0.05, 0) is 42.6 Å². The summed E-state index contributed by atoms with van der Waals surface area (Å²) in [5.74, 6) is -0.841. The van der Waals surface area contributed by atoms with Gasteiger partial charge in [0, 0.05) is 22.9 Å². The van der Waals surface area contributed by atoms with E-state index in [4.69, 9.17) is 0 Å². The van der Waals surface area contributed by atoms with Crippen LogP contribution in [0.15, 0.2) is 47.6 Å². The van der Waals surface area contributed by atoms with Crippen LogP contribution in [0.25, 0.3) is 0 Å². The number of halogens is 4. The van der Waals surface area contributed by atoms with Gasteiger partial charge in [-0.15, -0.1) is 0 Å². The van der Waals surface area contributed by atoms with Crippen molar-refractivity contribution >= 4 is 17.7 Å². The molecule has 1 heterocycles. The minimum atomic E-state index is -4.56.